The van der Waals surface area contributed by atoms with Crippen LogP contribution in [0.3, 0.4) is 0 Å². The third-order valence-corrected chi connectivity index (χ3v) is 7.88. The van der Waals surface area contributed by atoms with Crippen LogP contribution in [0.2, 0.25) is 0 Å². The third-order valence-electron chi connectivity index (χ3n) is 5.84. The Morgan fingerprint density at radius 2 is 1.79 bits per heavy atom. The van der Waals surface area contributed by atoms with Gasteiger partial charge in [-0.3, -0.25) is 14.2 Å². The number of piperidine rings is 1. The van der Waals surface area contributed by atoms with E-state index in [4.69, 9.17) is 9.97 Å². The number of carbonyl (C=O) groups is 1. The van der Waals surface area contributed by atoms with Crippen molar-refractivity contribution in [2.45, 2.75) is 65.1 Å². The molecule has 3 aromatic rings. The maximum Gasteiger partial charge on any atom is 0.274 e. The van der Waals surface area contributed by atoms with Gasteiger partial charge in [0.2, 0.25) is 5.91 Å². The fourth-order valence-corrected chi connectivity index (χ4v) is 6.23. The average Bonchev–Trinajstić information content (AvgIpc) is 3.20. The molecule has 1 amide bonds. The quantitative estimate of drug-likeness (QED) is 0.387. The summed E-state index contributed by atoms with van der Waals surface area (Å²) in [5.41, 5.74) is 4.50. The van der Waals surface area contributed by atoms with Gasteiger partial charge in [0.1, 0.15) is 4.70 Å². The highest BCUT2D eigenvalue weighted by Gasteiger charge is 2.21. The molecule has 0 saturated carbocycles. The summed E-state index contributed by atoms with van der Waals surface area (Å²) in [5.74, 6) is 0.0487. The van der Waals surface area contributed by atoms with Gasteiger partial charge in [-0.15, -0.1) is 0 Å². The third kappa shape index (κ3) is 5.09. The van der Waals surface area contributed by atoms with E-state index >= 15 is 0 Å². The van der Waals surface area contributed by atoms with Crippen molar-refractivity contribution in [1.29, 1.82) is 0 Å². The number of fused-ring (bicyclic) bond motifs is 1. The van der Waals surface area contributed by atoms with Crippen LogP contribution in [-0.4, -0.2) is 39.3 Å². The summed E-state index contributed by atoms with van der Waals surface area (Å²) in [6.07, 6.45) is 3.54. The normalized spacial score (nSPS) is 14.3. The van der Waals surface area contributed by atoms with E-state index < -0.39 is 0 Å². The highest BCUT2D eigenvalue weighted by Crippen LogP contribution is 2.30. The van der Waals surface area contributed by atoms with Crippen LogP contribution in [-0.2, 0) is 4.79 Å². The molecule has 1 N–H and O–H groups in total. The molecule has 33 heavy (non-hydrogen) atoms. The molecule has 0 bridgehead atoms. The Kier molecular flexibility index (Phi) is 7.09. The molecule has 1 saturated heterocycles. The Hall–Kier alpha value is -2.39. The number of amides is 1. The van der Waals surface area contributed by atoms with Crippen molar-refractivity contribution in [1.82, 2.24) is 14.5 Å². The SMILES string of the molecule is Cc1cc(C)c(NC(=O)CSc2nc3nc(N4CCCCC4)sc3c(=O)n2C(C)C)c(C)c1. The van der Waals surface area contributed by atoms with Gasteiger partial charge in [0, 0.05) is 24.8 Å². The number of hydrogen-bond acceptors (Lipinski definition) is 7. The average molecular weight is 486 g/mol. The van der Waals surface area contributed by atoms with E-state index in [1.54, 1.807) is 4.57 Å². The molecule has 1 fully saturated rings. The van der Waals surface area contributed by atoms with E-state index in [1.165, 1.54) is 35.1 Å². The van der Waals surface area contributed by atoms with Gasteiger partial charge in [0.05, 0.1) is 5.75 Å². The molecule has 2 aromatic heterocycles. The van der Waals surface area contributed by atoms with Crippen molar-refractivity contribution in [3.63, 3.8) is 0 Å². The van der Waals surface area contributed by atoms with Crippen molar-refractivity contribution in [2.24, 2.45) is 0 Å². The van der Waals surface area contributed by atoms with Gasteiger partial charge in [-0.25, -0.2) is 4.98 Å². The van der Waals surface area contributed by atoms with E-state index in [0.29, 0.717) is 15.5 Å². The summed E-state index contributed by atoms with van der Waals surface area (Å²) in [7, 11) is 0. The first-order chi connectivity index (χ1) is 15.7. The van der Waals surface area contributed by atoms with Crippen molar-refractivity contribution < 1.29 is 4.79 Å². The van der Waals surface area contributed by atoms with Crippen LogP contribution >= 0.6 is 23.1 Å². The molecule has 0 atom stereocenters. The molecule has 1 aliphatic heterocycles. The van der Waals surface area contributed by atoms with Gasteiger partial charge in [0.25, 0.3) is 5.56 Å². The molecule has 176 valence electrons. The molecule has 0 radical (unpaired) electrons. The molecule has 3 heterocycles. The van der Waals surface area contributed by atoms with Crippen molar-refractivity contribution >= 4 is 50.2 Å². The zero-order chi connectivity index (χ0) is 23.7. The summed E-state index contributed by atoms with van der Waals surface area (Å²) < 4.78 is 2.27. The van der Waals surface area contributed by atoms with E-state index in [1.807, 2.05) is 34.6 Å². The zero-order valence-corrected chi connectivity index (χ0v) is 21.5. The predicted octanol–water partition coefficient (Wildman–Crippen LogP) is 5.08. The number of rotatable bonds is 6. The Morgan fingerprint density at radius 3 is 2.42 bits per heavy atom. The second-order valence-corrected chi connectivity index (χ2v) is 10.9. The number of benzene rings is 1. The first kappa shape index (κ1) is 23.8. The second kappa shape index (κ2) is 9.85. The Bertz CT molecular complexity index is 1220. The number of aromatic nitrogens is 3. The summed E-state index contributed by atoms with van der Waals surface area (Å²) >= 11 is 2.71. The van der Waals surface area contributed by atoms with Gasteiger partial charge in [-0.05, 0) is 65.0 Å². The van der Waals surface area contributed by atoms with Crippen molar-refractivity contribution in [3.05, 3.63) is 39.2 Å². The van der Waals surface area contributed by atoms with Gasteiger partial charge in [-0.2, -0.15) is 4.98 Å². The van der Waals surface area contributed by atoms with E-state index in [-0.39, 0.29) is 23.3 Å². The Balaban J connectivity index is 1.58. The lowest BCUT2D eigenvalue weighted by Gasteiger charge is -2.25. The van der Waals surface area contributed by atoms with E-state index in [0.717, 1.165) is 47.9 Å². The highest BCUT2D eigenvalue weighted by atomic mass is 32.2. The largest absolute Gasteiger partial charge is 0.348 e. The monoisotopic (exact) mass is 485 g/mol. The van der Waals surface area contributed by atoms with Gasteiger partial charge < -0.3 is 10.2 Å². The zero-order valence-electron chi connectivity index (χ0n) is 19.9. The number of aryl methyl sites for hydroxylation is 3. The summed E-state index contributed by atoms with van der Waals surface area (Å²) in [6, 6.07) is 4.05. The lowest BCUT2D eigenvalue weighted by atomic mass is 10.1. The number of carbonyl (C=O) groups excluding carboxylic acids is 1. The fourth-order valence-electron chi connectivity index (χ4n) is 4.32. The smallest absolute Gasteiger partial charge is 0.274 e. The lowest BCUT2D eigenvalue weighted by Crippen LogP contribution is -2.29. The summed E-state index contributed by atoms with van der Waals surface area (Å²) in [4.78, 5) is 37.7. The van der Waals surface area contributed by atoms with Crippen molar-refractivity contribution in [2.75, 3.05) is 29.1 Å². The number of nitrogens with one attached hydrogen (secondary N) is 1. The van der Waals surface area contributed by atoms with Crippen LogP contribution in [0, 0.1) is 20.8 Å². The molecule has 0 unspecified atom stereocenters. The number of anilines is 2. The minimum Gasteiger partial charge on any atom is -0.348 e. The number of hydrogen-bond donors (Lipinski definition) is 1. The van der Waals surface area contributed by atoms with Gasteiger partial charge in [-0.1, -0.05) is 40.8 Å². The molecular weight excluding hydrogens is 454 g/mol. The fraction of sp³-hybridized carbons (Fsp3) is 0.500. The Morgan fingerprint density at radius 1 is 1.12 bits per heavy atom. The van der Waals surface area contributed by atoms with Crippen LogP contribution in [0.5, 0.6) is 0 Å². The number of thioether (sulfide) groups is 1. The molecule has 0 aliphatic carbocycles. The molecule has 1 aromatic carbocycles. The molecule has 7 nitrogen and oxygen atoms in total. The Labute approximate surface area is 202 Å². The van der Waals surface area contributed by atoms with Gasteiger partial charge >= 0.3 is 0 Å². The lowest BCUT2D eigenvalue weighted by molar-refractivity contribution is -0.113. The highest BCUT2D eigenvalue weighted by molar-refractivity contribution is 7.99. The van der Waals surface area contributed by atoms with Crippen LogP contribution in [0.15, 0.2) is 22.1 Å². The van der Waals surface area contributed by atoms with Crippen LogP contribution in [0.4, 0.5) is 10.8 Å². The summed E-state index contributed by atoms with van der Waals surface area (Å²) in [6.45, 7) is 11.9. The van der Waals surface area contributed by atoms with Crippen molar-refractivity contribution in [3.8, 4) is 0 Å². The summed E-state index contributed by atoms with van der Waals surface area (Å²) in [5, 5.41) is 4.43. The maximum atomic E-state index is 13.3. The molecular formula is C24H31N5O2S2. The molecule has 9 heteroatoms. The van der Waals surface area contributed by atoms with E-state index in [9.17, 15) is 9.59 Å². The minimum absolute atomic E-state index is 0.0675. The van der Waals surface area contributed by atoms with E-state index in [2.05, 4.69) is 22.3 Å². The second-order valence-electron chi connectivity index (χ2n) is 8.97. The van der Waals surface area contributed by atoms with Crippen LogP contribution in [0.25, 0.3) is 10.3 Å². The maximum absolute atomic E-state index is 13.3. The first-order valence-corrected chi connectivity index (χ1v) is 13.2. The molecule has 1 aliphatic rings. The first-order valence-electron chi connectivity index (χ1n) is 11.4. The molecule has 4 rings (SSSR count). The number of nitrogens with zero attached hydrogens (tertiary/aromatic N) is 4. The minimum atomic E-state index is -0.119. The van der Waals surface area contributed by atoms with Crippen LogP contribution in [0.1, 0.15) is 55.8 Å². The predicted molar refractivity (Wildman–Crippen MR) is 138 cm³/mol. The number of thiazole rings is 1. The standard InChI is InChI=1S/C24H31N5O2S2/c1-14(2)29-22(31)20-21(26-23(33-20)28-9-7-6-8-10-28)27-24(29)32-13-18(30)25-19-16(4)11-15(3)12-17(19)5/h11-12,14H,6-10,13H2,1-5H3,(H,25,30). The topological polar surface area (TPSA) is 80.1 Å². The van der Waals surface area contributed by atoms with Crippen LogP contribution < -0.4 is 15.8 Å². The molecule has 0 spiro atoms. The van der Waals surface area contributed by atoms with Gasteiger partial charge in [0.15, 0.2) is 15.9 Å².